The maximum atomic E-state index is 14.8. The van der Waals surface area contributed by atoms with E-state index in [1.165, 1.54) is 104 Å². The van der Waals surface area contributed by atoms with Gasteiger partial charge in [-0.05, 0) is 228 Å². The molecule has 0 aliphatic heterocycles. The fourth-order valence-corrected chi connectivity index (χ4v) is 18.6. The monoisotopic (exact) mass is 1530 g/mol. The molecule has 4 unspecified atom stereocenters. The fraction of sp³-hybridized carbons (Fsp3) is 0.280. The molecular weight excluding hydrogens is 1470 g/mol. The van der Waals surface area contributed by atoms with Crippen LogP contribution >= 0.6 is 34.6 Å². The molecule has 548 valence electrons. The normalized spacial score (nSPS) is 18.1. The molecule has 3 saturated carbocycles. The van der Waals surface area contributed by atoms with Crippen LogP contribution in [0.2, 0.25) is 0 Å². The largest absolute Gasteiger partial charge is 0.418 e. The zero-order valence-corrected chi connectivity index (χ0v) is 59.6. The third-order valence-corrected chi connectivity index (χ3v) is 24.4. The molecule has 3 aromatic carbocycles. The Kier molecular flexibility index (Phi) is 16.4. The van der Waals surface area contributed by atoms with Gasteiger partial charge in [0, 0.05) is 103 Å². The van der Waals surface area contributed by atoms with Crippen LogP contribution in [0.15, 0.2) is 185 Å². The van der Waals surface area contributed by atoms with E-state index in [4.69, 9.17) is 13.8 Å². The van der Waals surface area contributed by atoms with Gasteiger partial charge in [0.05, 0.1) is 72.3 Å². The first-order valence-corrected chi connectivity index (χ1v) is 37.0. The van der Waals surface area contributed by atoms with Gasteiger partial charge in [0.25, 0.3) is 0 Å². The molecule has 108 heavy (non-hydrogen) atoms. The average Bonchev–Trinajstić information content (AvgIpc) is 1.52. The van der Waals surface area contributed by atoms with E-state index >= 15 is 0 Å². The van der Waals surface area contributed by atoms with Crippen LogP contribution in [0.5, 0.6) is 0 Å². The molecule has 3 aliphatic rings. The Morgan fingerprint density at radius 1 is 0.444 bits per heavy atom. The highest BCUT2D eigenvalue weighted by molar-refractivity contribution is 7.09. The second kappa shape index (κ2) is 25.8. The van der Waals surface area contributed by atoms with Crippen molar-refractivity contribution in [3.05, 3.63) is 264 Å². The van der Waals surface area contributed by atoms with Crippen LogP contribution in [0.3, 0.4) is 0 Å². The van der Waals surface area contributed by atoms with Gasteiger partial charge in [-0.3, -0.25) is 26.9 Å². The van der Waals surface area contributed by atoms with Crippen molar-refractivity contribution in [3.63, 3.8) is 0 Å². The number of aryl methyl sites for hydroxylation is 3. The molecule has 0 amide bonds. The predicted molar refractivity (Wildman–Crippen MR) is 384 cm³/mol. The van der Waals surface area contributed by atoms with Crippen molar-refractivity contribution in [3.8, 4) is 50.0 Å². The van der Waals surface area contributed by atoms with Crippen LogP contribution in [0.4, 0.5) is 39.5 Å². The molecule has 18 rings (SSSR count). The van der Waals surface area contributed by atoms with E-state index in [2.05, 4.69) is 29.9 Å². The Morgan fingerprint density at radius 3 is 1.29 bits per heavy atom. The summed E-state index contributed by atoms with van der Waals surface area (Å²) in [5, 5.41) is 28.6. The van der Waals surface area contributed by atoms with Gasteiger partial charge in [-0.2, -0.15) is 52.6 Å². The Labute approximate surface area is 617 Å². The molecule has 15 aromatic rings. The predicted octanol–water partition coefficient (Wildman–Crippen LogP) is 15.3. The lowest BCUT2D eigenvalue weighted by Crippen LogP contribution is -2.32. The van der Waals surface area contributed by atoms with Gasteiger partial charge in [-0.15, -0.1) is 30.6 Å². The summed E-state index contributed by atoms with van der Waals surface area (Å²) >= 11 is 3.73. The van der Waals surface area contributed by atoms with Crippen molar-refractivity contribution < 1.29 is 39.5 Å². The third-order valence-electron chi connectivity index (χ3n) is 22.1. The fourth-order valence-electron chi connectivity index (χ4n) is 16.3. The molecule has 7 atom stereocenters. The lowest BCUT2D eigenvalue weighted by molar-refractivity contribution is -0.137. The van der Waals surface area contributed by atoms with Gasteiger partial charge >= 0.3 is 35.6 Å². The number of alkyl halides is 9. The summed E-state index contributed by atoms with van der Waals surface area (Å²) in [5.74, 6) is -0.295. The van der Waals surface area contributed by atoms with Crippen molar-refractivity contribution in [2.75, 3.05) is 0 Å². The zero-order valence-electron chi connectivity index (χ0n) is 57.1. The molecule has 0 spiro atoms. The molecule has 0 bridgehead atoms. The van der Waals surface area contributed by atoms with Crippen LogP contribution < -0.4 is 17.1 Å². The lowest BCUT2D eigenvalue weighted by atomic mass is 9.63. The van der Waals surface area contributed by atoms with Crippen LogP contribution in [0.1, 0.15) is 136 Å². The highest BCUT2D eigenvalue weighted by Crippen LogP contribution is 2.56. The van der Waals surface area contributed by atoms with E-state index in [9.17, 15) is 53.9 Å². The number of imidazole rings is 3. The van der Waals surface area contributed by atoms with E-state index in [-0.39, 0.29) is 57.7 Å². The van der Waals surface area contributed by atoms with E-state index in [1.54, 1.807) is 54.7 Å². The maximum Gasteiger partial charge on any atom is 0.418 e. The minimum absolute atomic E-state index is 0.151. The van der Waals surface area contributed by atoms with Crippen LogP contribution in [-0.4, -0.2) is 84.3 Å². The number of hydrogen-bond donors (Lipinski definition) is 0. The van der Waals surface area contributed by atoms with Crippen LogP contribution in [0.25, 0.3) is 66.6 Å². The molecule has 21 nitrogen and oxygen atoms in total. The van der Waals surface area contributed by atoms with Crippen molar-refractivity contribution >= 4 is 51.1 Å². The first-order valence-electron chi connectivity index (χ1n) is 34.6. The van der Waals surface area contributed by atoms with Gasteiger partial charge in [0.1, 0.15) is 36.5 Å². The van der Waals surface area contributed by atoms with Crippen molar-refractivity contribution in [1.82, 2.24) is 84.3 Å². The summed E-state index contributed by atoms with van der Waals surface area (Å²) in [6, 6.07) is 28.8. The number of hydrogen-bond acceptors (Lipinski definition) is 15. The second-order valence-electron chi connectivity index (χ2n) is 28.1. The van der Waals surface area contributed by atoms with E-state index in [1.807, 2.05) is 77.3 Å². The molecular formula is C75H59F9N18O3S3. The first kappa shape index (κ1) is 68.6. The molecule has 0 saturated heterocycles. The maximum absolute atomic E-state index is 14.8. The highest BCUT2D eigenvalue weighted by atomic mass is 32.1. The summed E-state index contributed by atoms with van der Waals surface area (Å²) in [6.07, 6.45) is 3.44. The Balaban J connectivity index is 0.738. The Hall–Kier alpha value is -11.2. The second-order valence-corrected chi connectivity index (χ2v) is 30.5. The summed E-state index contributed by atoms with van der Waals surface area (Å²) < 4.78 is 159. The van der Waals surface area contributed by atoms with Crippen molar-refractivity contribution in [2.24, 2.45) is 38.9 Å². The Morgan fingerprint density at radius 2 is 0.880 bits per heavy atom. The number of rotatable bonds is 17. The topological polar surface area (TPSA) is 210 Å². The van der Waals surface area contributed by atoms with Crippen LogP contribution in [0, 0.1) is 17.8 Å². The average molecular weight is 1530 g/mol. The molecule has 0 radical (unpaired) electrons. The number of aromatic nitrogens is 18. The number of pyridine rings is 3. The van der Waals surface area contributed by atoms with Gasteiger partial charge in [0.15, 0.2) is 0 Å². The smallest absolute Gasteiger partial charge is 0.320 e. The van der Waals surface area contributed by atoms with Crippen molar-refractivity contribution in [1.29, 1.82) is 0 Å². The lowest BCUT2D eigenvalue weighted by Gasteiger charge is -2.41. The quantitative estimate of drug-likeness (QED) is 0.0780. The van der Waals surface area contributed by atoms with Crippen LogP contribution in [-0.2, 0) is 39.7 Å². The molecule has 0 N–H and O–H groups in total. The summed E-state index contributed by atoms with van der Waals surface area (Å²) in [5.41, 5.74) is 0.518. The van der Waals surface area contributed by atoms with E-state index in [0.29, 0.717) is 98.6 Å². The molecule has 3 fully saturated rings. The highest BCUT2D eigenvalue weighted by Gasteiger charge is 2.46. The van der Waals surface area contributed by atoms with Gasteiger partial charge in [-0.25, -0.2) is 14.4 Å². The molecule has 33 heteroatoms. The number of fused-ring (bicyclic) bond motifs is 3. The minimum Gasteiger partial charge on any atom is -0.320 e. The number of halogens is 9. The Bertz CT molecular complexity index is 6210. The minimum atomic E-state index is -4.82. The number of benzene rings is 3. The number of nitrogens with zero attached hydrogens (tertiary/aromatic N) is 18. The zero-order chi connectivity index (χ0) is 74.6. The summed E-state index contributed by atoms with van der Waals surface area (Å²) in [4.78, 5) is 44.9. The molecule has 3 aliphatic carbocycles. The van der Waals surface area contributed by atoms with E-state index < -0.39 is 64.1 Å². The van der Waals surface area contributed by atoms with E-state index in [0.717, 1.165) is 66.8 Å². The molecule has 12 heterocycles. The van der Waals surface area contributed by atoms with Gasteiger partial charge in [-0.1, -0.05) is 6.42 Å². The summed E-state index contributed by atoms with van der Waals surface area (Å²) in [7, 11) is 5.50. The van der Waals surface area contributed by atoms with Crippen molar-refractivity contribution in [2.45, 2.75) is 93.1 Å². The standard InChI is InChI=1S/C75H59F9N18O3S3/c1-94-36-85-88-67(94)64(39-8-4-9-39)43-24-42(27-48(28-43)102-35-61-55(75(82,83)84)12-7-20-99(61)72(102)105)62-32-58(93-107-62)49-13-15-51(49)65(68-89-86-37-95(68)2)45-23-41(26-47(30-45)101-34-60-54(74(79,80)81)11-6-19-98(60)71(101)104)57-31-63(108-92-57)50-14-16-52(50)66(69-90-87-38-96(69)3)44-22-40(56-17-21-106-91-56)25-46(29-44)100-33-59-53(73(76,77)78)10-5-18-97(59)70(100)103/h5-7,10-12,17-39,49-52,64-66H,4,8-9,13-16H2,1-3H3/t49?,50?,51?,52?,64-,65-,66+/m1/s1. The SMILES string of the molecule is Cn1cnnc1[C@@H](c1cc(-c2cc(C3CCC3[C@@H](c3cc(-c4cc(C5CCC5[C@H](c5cc(-c6ccsn6)cc(-n6cc7c(C(F)(F)F)cccn7c6=O)c5)c5nncn5C)sn4)cc(-n4cc5c(C(F)(F)F)cccn5c4=O)c3)c3nncn3C)ns2)cc(-n2cc3c(C(F)(F)F)cccn3c2=O)c1)C1CCC1. The third kappa shape index (κ3) is 11.6. The first-order chi connectivity index (χ1) is 51.9. The molecule has 12 aromatic heterocycles. The van der Waals surface area contributed by atoms with Gasteiger partial charge in [0.2, 0.25) is 0 Å². The summed E-state index contributed by atoms with van der Waals surface area (Å²) in [6.45, 7) is 0. The van der Waals surface area contributed by atoms with Gasteiger partial charge < -0.3 is 13.7 Å².